The van der Waals surface area contributed by atoms with Gasteiger partial charge in [-0.05, 0) is 42.5 Å². The number of hydrogen-bond donors (Lipinski definition) is 0. The van der Waals surface area contributed by atoms with E-state index in [0.717, 1.165) is 38.9 Å². The van der Waals surface area contributed by atoms with Gasteiger partial charge in [0, 0.05) is 22.1 Å². The number of nitrogens with zero attached hydrogens (tertiary/aromatic N) is 3. The highest BCUT2D eigenvalue weighted by Gasteiger charge is 2.19. The molecule has 0 fully saturated rings. The quantitative estimate of drug-likeness (QED) is 0.247. The summed E-state index contributed by atoms with van der Waals surface area (Å²) in [5.41, 5.74) is 5.42. The molecule has 0 aliphatic heterocycles. The van der Waals surface area contributed by atoms with Crippen LogP contribution in [-0.2, 0) is 0 Å². The number of thiazole rings is 1. The minimum atomic E-state index is 0.637. The number of hydrogen-bond acceptors (Lipinski definition) is 7. The fourth-order valence-electron chi connectivity index (χ4n) is 3.97. The average Bonchev–Trinajstić information content (AvgIpc) is 3.61. The Morgan fingerprint density at radius 3 is 1.86 bits per heavy atom. The summed E-state index contributed by atoms with van der Waals surface area (Å²) in [6.45, 7) is 0. The summed E-state index contributed by atoms with van der Waals surface area (Å²) < 4.78 is 23.8. The second-order valence-electron chi connectivity index (χ2n) is 7.85. The van der Waals surface area contributed by atoms with Crippen LogP contribution in [0.3, 0.4) is 0 Å². The lowest BCUT2D eigenvalue weighted by molar-refractivity contribution is 0.355. The molecule has 0 spiro atoms. The van der Waals surface area contributed by atoms with Gasteiger partial charge in [0.2, 0.25) is 5.13 Å². The molecule has 182 valence electrons. The highest BCUT2D eigenvalue weighted by Crippen LogP contribution is 2.38. The predicted molar refractivity (Wildman–Crippen MR) is 142 cm³/mol. The van der Waals surface area contributed by atoms with Crippen molar-refractivity contribution in [3.63, 3.8) is 0 Å². The van der Waals surface area contributed by atoms with E-state index < -0.39 is 0 Å². The Labute approximate surface area is 213 Å². The van der Waals surface area contributed by atoms with Gasteiger partial charge in [0.05, 0.1) is 45.5 Å². The van der Waals surface area contributed by atoms with Crippen molar-refractivity contribution in [2.24, 2.45) is 0 Å². The first-order chi connectivity index (χ1) is 17.6. The maximum absolute atomic E-state index is 5.56. The van der Waals surface area contributed by atoms with Gasteiger partial charge in [-0.25, -0.2) is 9.67 Å². The van der Waals surface area contributed by atoms with E-state index in [0.29, 0.717) is 23.0 Å². The highest BCUT2D eigenvalue weighted by molar-refractivity contribution is 7.12. The maximum Gasteiger partial charge on any atom is 0.211 e. The van der Waals surface area contributed by atoms with Crippen LogP contribution >= 0.6 is 11.3 Å². The van der Waals surface area contributed by atoms with Crippen LogP contribution in [0.25, 0.3) is 38.9 Å². The fourth-order valence-corrected chi connectivity index (χ4v) is 4.76. The molecule has 0 N–H and O–H groups in total. The summed E-state index contributed by atoms with van der Waals surface area (Å²) in [5.74, 6) is 2.60. The van der Waals surface area contributed by atoms with Gasteiger partial charge in [-0.1, -0.05) is 30.3 Å². The van der Waals surface area contributed by atoms with Crippen molar-refractivity contribution in [3.05, 3.63) is 78.2 Å². The second-order valence-corrected chi connectivity index (χ2v) is 8.68. The second kappa shape index (κ2) is 10.1. The third-order valence-electron chi connectivity index (χ3n) is 5.81. The summed E-state index contributed by atoms with van der Waals surface area (Å²) in [7, 11) is 6.49. The van der Waals surface area contributed by atoms with Crippen LogP contribution in [0.5, 0.6) is 23.0 Å². The molecule has 0 aliphatic rings. The van der Waals surface area contributed by atoms with Crippen LogP contribution in [0.1, 0.15) is 0 Å². The Balaban J connectivity index is 1.66. The maximum atomic E-state index is 5.56. The molecule has 0 unspecified atom stereocenters. The molecule has 0 radical (unpaired) electrons. The van der Waals surface area contributed by atoms with Crippen molar-refractivity contribution >= 4 is 11.3 Å². The molecule has 5 rings (SSSR count). The van der Waals surface area contributed by atoms with Crippen molar-refractivity contribution in [1.29, 1.82) is 0 Å². The Kier molecular flexibility index (Phi) is 6.60. The molecule has 0 bridgehead atoms. The summed E-state index contributed by atoms with van der Waals surface area (Å²) in [6, 6.07) is 23.7. The standard InChI is InChI=1S/C28H25N3O4S/c1-32-24-12-10-19(14-26(24)34-3)21-16-23(20-11-13-25(33-2)27(15-20)35-4)31(30-21)28-29-22(17-36-28)18-8-6-5-7-9-18/h5-17H,1-4H3. The van der Waals surface area contributed by atoms with Crippen molar-refractivity contribution < 1.29 is 18.9 Å². The SMILES string of the molecule is COc1ccc(-c2cc(-c3ccc(OC)c(OC)c3)n(-c3nc(-c4ccccc4)cs3)n2)cc1OC. The molecular formula is C28H25N3O4S. The lowest BCUT2D eigenvalue weighted by Crippen LogP contribution is -1.99. The zero-order valence-electron chi connectivity index (χ0n) is 20.4. The van der Waals surface area contributed by atoms with E-state index in [9.17, 15) is 0 Å². The molecule has 0 atom stereocenters. The minimum Gasteiger partial charge on any atom is -0.493 e. The Hall–Kier alpha value is -4.30. The van der Waals surface area contributed by atoms with E-state index in [-0.39, 0.29) is 0 Å². The number of methoxy groups -OCH3 is 4. The van der Waals surface area contributed by atoms with E-state index in [1.807, 2.05) is 82.9 Å². The monoisotopic (exact) mass is 499 g/mol. The first-order valence-electron chi connectivity index (χ1n) is 11.2. The van der Waals surface area contributed by atoms with Gasteiger partial charge in [0.15, 0.2) is 23.0 Å². The number of aromatic nitrogens is 3. The molecule has 0 aliphatic carbocycles. The summed E-state index contributed by atoms with van der Waals surface area (Å²) in [5, 5.41) is 7.76. The van der Waals surface area contributed by atoms with E-state index in [1.165, 1.54) is 11.3 Å². The third-order valence-corrected chi connectivity index (χ3v) is 6.63. The molecule has 3 aromatic carbocycles. The number of rotatable bonds is 8. The highest BCUT2D eigenvalue weighted by atomic mass is 32.1. The zero-order valence-corrected chi connectivity index (χ0v) is 21.2. The topological polar surface area (TPSA) is 67.6 Å². The van der Waals surface area contributed by atoms with Gasteiger partial charge >= 0.3 is 0 Å². The summed E-state index contributed by atoms with van der Waals surface area (Å²) in [4.78, 5) is 4.90. The predicted octanol–water partition coefficient (Wildman–Crippen LogP) is 6.36. The molecule has 7 nitrogen and oxygen atoms in total. The minimum absolute atomic E-state index is 0.637. The normalized spacial score (nSPS) is 10.8. The van der Waals surface area contributed by atoms with Gasteiger partial charge in [0.1, 0.15) is 0 Å². The molecule has 0 amide bonds. The van der Waals surface area contributed by atoms with E-state index in [4.69, 9.17) is 29.0 Å². The van der Waals surface area contributed by atoms with Crippen molar-refractivity contribution in [3.8, 4) is 61.9 Å². The van der Waals surface area contributed by atoms with Gasteiger partial charge in [0.25, 0.3) is 0 Å². The largest absolute Gasteiger partial charge is 0.493 e. The molecule has 8 heteroatoms. The Morgan fingerprint density at radius 1 is 0.611 bits per heavy atom. The van der Waals surface area contributed by atoms with Crippen LogP contribution in [0.2, 0.25) is 0 Å². The van der Waals surface area contributed by atoms with Crippen LogP contribution in [0.15, 0.2) is 78.2 Å². The van der Waals surface area contributed by atoms with Crippen molar-refractivity contribution in [1.82, 2.24) is 14.8 Å². The van der Waals surface area contributed by atoms with Crippen LogP contribution in [0.4, 0.5) is 0 Å². The van der Waals surface area contributed by atoms with Gasteiger partial charge in [-0.2, -0.15) is 5.10 Å². The van der Waals surface area contributed by atoms with Gasteiger partial charge in [-0.15, -0.1) is 11.3 Å². The first-order valence-corrected chi connectivity index (χ1v) is 12.1. The van der Waals surface area contributed by atoms with Crippen LogP contribution in [-0.4, -0.2) is 43.2 Å². The molecule has 5 aromatic rings. The van der Waals surface area contributed by atoms with E-state index in [2.05, 4.69) is 0 Å². The van der Waals surface area contributed by atoms with Crippen molar-refractivity contribution in [2.75, 3.05) is 28.4 Å². The van der Waals surface area contributed by atoms with Crippen LogP contribution < -0.4 is 18.9 Å². The lowest BCUT2D eigenvalue weighted by atomic mass is 10.1. The van der Waals surface area contributed by atoms with Gasteiger partial charge < -0.3 is 18.9 Å². The zero-order chi connectivity index (χ0) is 25.1. The molecule has 0 saturated carbocycles. The molecule has 2 aromatic heterocycles. The Morgan fingerprint density at radius 2 is 1.22 bits per heavy atom. The van der Waals surface area contributed by atoms with Gasteiger partial charge in [-0.3, -0.25) is 0 Å². The molecule has 36 heavy (non-hydrogen) atoms. The molecule has 2 heterocycles. The number of ether oxygens (including phenoxy) is 4. The van der Waals surface area contributed by atoms with E-state index in [1.54, 1.807) is 28.4 Å². The first kappa shape index (κ1) is 23.4. The summed E-state index contributed by atoms with van der Waals surface area (Å²) >= 11 is 1.53. The summed E-state index contributed by atoms with van der Waals surface area (Å²) in [6.07, 6.45) is 0. The third kappa shape index (κ3) is 4.38. The van der Waals surface area contributed by atoms with E-state index >= 15 is 0 Å². The van der Waals surface area contributed by atoms with Crippen LogP contribution in [0, 0.1) is 0 Å². The number of benzene rings is 3. The fraction of sp³-hybridized carbons (Fsp3) is 0.143. The smallest absolute Gasteiger partial charge is 0.211 e. The Bertz CT molecular complexity index is 1490. The average molecular weight is 500 g/mol. The molecular weight excluding hydrogens is 474 g/mol. The lowest BCUT2D eigenvalue weighted by Gasteiger charge is -2.10. The van der Waals surface area contributed by atoms with Crippen molar-refractivity contribution in [2.45, 2.75) is 0 Å². The molecule has 0 saturated heterocycles.